The van der Waals surface area contributed by atoms with Crippen molar-refractivity contribution in [1.29, 1.82) is 0 Å². The maximum atomic E-state index is 6.04. The van der Waals surface area contributed by atoms with Crippen molar-refractivity contribution < 1.29 is 0 Å². The molecule has 0 spiro atoms. The van der Waals surface area contributed by atoms with Crippen molar-refractivity contribution in [2.75, 3.05) is 23.9 Å². The molecule has 0 aliphatic heterocycles. The molecule has 1 aromatic heterocycles. The molecule has 110 valence electrons. The van der Waals surface area contributed by atoms with Crippen LogP contribution in [0.2, 0.25) is 0 Å². The van der Waals surface area contributed by atoms with Crippen molar-refractivity contribution in [3.8, 4) is 0 Å². The van der Waals surface area contributed by atoms with Gasteiger partial charge in [-0.15, -0.1) is 0 Å². The highest BCUT2D eigenvalue weighted by Crippen LogP contribution is 2.41. The average molecular weight is 292 g/mol. The second kappa shape index (κ2) is 5.43. The number of nitrogens with one attached hydrogen (secondary N) is 1. The minimum atomic E-state index is 0.381. The standard InChI is InChI=1S/C15H24N4S/c1-10-12(16)18-14(11-5-6-11)19-13(10)17-9-15(20-2)7-3-4-8-15/h11H,3-9H2,1-2H3,(H3,16,17,18,19). The minimum Gasteiger partial charge on any atom is -0.383 e. The van der Waals surface area contributed by atoms with Crippen molar-refractivity contribution >= 4 is 23.4 Å². The third kappa shape index (κ3) is 2.73. The van der Waals surface area contributed by atoms with Crippen molar-refractivity contribution in [1.82, 2.24) is 9.97 Å². The van der Waals surface area contributed by atoms with Gasteiger partial charge in [0.2, 0.25) is 0 Å². The fraction of sp³-hybridized carbons (Fsp3) is 0.733. The highest BCUT2D eigenvalue weighted by Gasteiger charge is 2.33. The third-order valence-corrected chi connectivity index (χ3v) is 6.09. The molecule has 4 nitrogen and oxygen atoms in total. The van der Waals surface area contributed by atoms with E-state index in [4.69, 9.17) is 10.7 Å². The first-order valence-electron chi connectivity index (χ1n) is 7.56. The van der Waals surface area contributed by atoms with Crippen molar-refractivity contribution in [2.24, 2.45) is 0 Å². The van der Waals surface area contributed by atoms with Gasteiger partial charge in [-0.3, -0.25) is 0 Å². The lowest BCUT2D eigenvalue weighted by molar-refractivity contribution is 0.638. The Hall–Kier alpha value is -0.970. The van der Waals surface area contributed by atoms with E-state index in [2.05, 4.69) is 16.6 Å². The van der Waals surface area contributed by atoms with E-state index in [0.717, 1.165) is 23.8 Å². The largest absolute Gasteiger partial charge is 0.383 e. The summed E-state index contributed by atoms with van der Waals surface area (Å²) in [5.41, 5.74) is 7.03. The summed E-state index contributed by atoms with van der Waals surface area (Å²) in [4.78, 5) is 9.14. The van der Waals surface area contributed by atoms with Crippen molar-refractivity contribution in [3.63, 3.8) is 0 Å². The molecule has 3 rings (SSSR count). The molecule has 5 heteroatoms. The molecule has 2 fully saturated rings. The smallest absolute Gasteiger partial charge is 0.136 e. The number of thioether (sulfide) groups is 1. The highest BCUT2D eigenvalue weighted by atomic mass is 32.2. The molecule has 0 atom stereocenters. The summed E-state index contributed by atoms with van der Waals surface area (Å²) in [6.45, 7) is 2.99. The van der Waals surface area contributed by atoms with Gasteiger partial charge in [-0.25, -0.2) is 9.97 Å². The van der Waals surface area contributed by atoms with Crippen LogP contribution in [0.5, 0.6) is 0 Å². The normalized spacial score (nSPS) is 21.1. The van der Waals surface area contributed by atoms with Gasteiger partial charge in [-0.2, -0.15) is 11.8 Å². The predicted octanol–water partition coefficient (Wildman–Crippen LogP) is 3.33. The lowest BCUT2D eigenvalue weighted by atomic mass is 10.1. The molecule has 0 radical (unpaired) electrons. The summed E-state index contributed by atoms with van der Waals surface area (Å²) in [6.07, 6.45) is 9.94. The van der Waals surface area contributed by atoms with Gasteiger partial charge in [0, 0.05) is 22.8 Å². The number of hydrogen-bond donors (Lipinski definition) is 2. The van der Waals surface area contributed by atoms with Crippen LogP contribution in [0, 0.1) is 6.92 Å². The van der Waals surface area contributed by atoms with Gasteiger partial charge in [0.05, 0.1) is 0 Å². The van der Waals surface area contributed by atoms with Gasteiger partial charge in [-0.05, 0) is 38.9 Å². The Morgan fingerprint density at radius 3 is 2.60 bits per heavy atom. The second-order valence-corrected chi connectivity index (χ2v) is 7.44. The SMILES string of the molecule is CSC1(CNc2nc(C3CC3)nc(N)c2C)CCCC1. The highest BCUT2D eigenvalue weighted by molar-refractivity contribution is 8.00. The maximum Gasteiger partial charge on any atom is 0.136 e. The lowest BCUT2D eigenvalue weighted by Gasteiger charge is -2.27. The van der Waals surface area contributed by atoms with Crippen molar-refractivity contribution in [3.05, 3.63) is 11.4 Å². The summed E-state index contributed by atoms with van der Waals surface area (Å²) in [6, 6.07) is 0. The van der Waals surface area contributed by atoms with Crippen LogP contribution in [0.3, 0.4) is 0 Å². The number of anilines is 2. The zero-order valence-electron chi connectivity index (χ0n) is 12.4. The van der Waals surface area contributed by atoms with E-state index in [1.165, 1.54) is 38.5 Å². The molecule has 1 aromatic rings. The van der Waals surface area contributed by atoms with E-state index in [1.54, 1.807) is 0 Å². The summed E-state index contributed by atoms with van der Waals surface area (Å²) < 4.78 is 0.381. The van der Waals surface area contributed by atoms with Crippen LogP contribution in [0.15, 0.2) is 0 Å². The Bertz CT molecular complexity index is 493. The lowest BCUT2D eigenvalue weighted by Crippen LogP contribution is -2.30. The molecular formula is C15H24N4S. The van der Waals surface area contributed by atoms with Crippen LogP contribution in [0.4, 0.5) is 11.6 Å². The fourth-order valence-electron chi connectivity index (χ4n) is 2.97. The monoisotopic (exact) mass is 292 g/mol. The van der Waals surface area contributed by atoms with Crippen LogP contribution >= 0.6 is 11.8 Å². The second-order valence-electron chi connectivity index (χ2n) is 6.16. The van der Waals surface area contributed by atoms with Crippen LogP contribution in [0.1, 0.15) is 55.8 Å². The number of aromatic nitrogens is 2. The van der Waals surface area contributed by atoms with E-state index in [9.17, 15) is 0 Å². The Balaban J connectivity index is 1.76. The number of nitrogens with zero attached hydrogens (tertiary/aromatic N) is 2. The molecular weight excluding hydrogens is 268 g/mol. The van der Waals surface area contributed by atoms with Crippen molar-refractivity contribution in [2.45, 2.75) is 56.1 Å². The molecule has 2 saturated carbocycles. The summed E-state index contributed by atoms with van der Waals surface area (Å²) in [5, 5.41) is 3.56. The molecule has 1 heterocycles. The van der Waals surface area contributed by atoms with Crippen LogP contribution in [-0.2, 0) is 0 Å². The first-order chi connectivity index (χ1) is 9.63. The minimum absolute atomic E-state index is 0.381. The van der Waals surface area contributed by atoms with Gasteiger partial charge in [0.25, 0.3) is 0 Å². The number of nitrogens with two attached hydrogens (primary N) is 1. The zero-order chi connectivity index (χ0) is 14.2. The first-order valence-corrected chi connectivity index (χ1v) is 8.79. The van der Waals surface area contributed by atoms with E-state index in [-0.39, 0.29) is 0 Å². The Morgan fingerprint density at radius 1 is 1.30 bits per heavy atom. The van der Waals surface area contributed by atoms with E-state index < -0.39 is 0 Å². The van der Waals surface area contributed by atoms with Gasteiger partial charge in [0.1, 0.15) is 17.5 Å². The maximum absolute atomic E-state index is 6.04. The molecule has 0 saturated heterocycles. The number of hydrogen-bond acceptors (Lipinski definition) is 5. The summed E-state index contributed by atoms with van der Waals surface area (Å²) in [5.74, 6) is 3.05. The summed E-state index contributed by atoms with van der Waals surface area (Å²) in [7, 11) is 0. The Labute approximate surface area is 125 Å². The van der Waals surface area contributed by atoms with Crippen LogP contribution in [-0.4, -0.2) is 27.5 Å². The molecule has 0 unspecified atom stereocenters. The van der Waals surface area contributed by atoms with E-state index in [1.807, 2.05) is 18.7 Å². The van der Waals surface area contributed by atoms with Gasteiger partial charge < -0.3 is 11.1 Å². The summed E-state index contributed by atoms with van der Waals surface area (Å²) >= 11 is 1.99. The quantitative estimate of drug-likeness (QED) is 0.871. The zero-order valence-corrected chi connectivity index (χ0v) is 13.2. The Kier molecular flexibility index (Phi) is 3.80. The predicted molar refractivity (Wildman–Crippen MR) is 86.4 cm³/mol. The molecule has 0 bridgehead atoms. The van der Waals surface area contributed by atoms with Crippen LogP contribution < -0.4 is 11.1 Å². The van der Waals surface area contributed by atoms with Gasteiger partial charge in [-0.1, -0.05) is 12.8 Å². The topological polar surface area (TPSA) is 63.8 Å². The molecule has 0 amide bonds. The number of rotatable bonds is 5. The van der Waals surface area contributed by atoms with E-state index in [0.29, 0.717) is 16.5 Å². The molecule has 2 aliphatic carbocycles. The molecule has 20 heavy (non-hydrogen) atoms. The van der Waals surface area contributed by atoms with Gasteiger partial charge in [0.15, 0.2) is 0 Å². The molecule has 3 N–H and O–H groups in total. The number of nitrogen functional groups attached to an aromatic ring is 1. The third-order valence-electron chi connectivity index (χ3n) is 4.67. The van der Waals surface area contributed by atoms with Gasteiger partial charge >= 0.3 is 0 Å². The van der Waals surface area contributed by atoms with E-state index >= 15 is 0 Å². The molecule has 2 aliphatic rings. The molecule has 0 aromatic carbocycles. The van der Waals surface area contributed by atoms with Crippen LogP contribution in [0.25, 0.3) is 0 Å². The fourth-order valence-corrected chi connectivity index (χ4v) is 3.88. The first kappa shape index (κ1) is 14.0. The Morgan fingerprint density at radius 2 is 2.00 bits per heavy atom. The average Bonchev–Trinajstić information content (AvgIpc) is 3.20.